The van der Waals surface area contributed by atoms with Crippen molar-refractivity contribution in [2.24, 2.45) is 0 Å². The Morgan fingerprint density at radius 3 is 1.40 bits per heavy atom. The number of rotatable bonds is 2. The molecule has 1 radical (unpaired) electrons. The van der Waals surface area contributed by atoms with Crippen LogP contribution >= 0.6 is 0 Å². The van der Waals surface area contributed by atoms with Gasteiger partial charge in [0.05, 0.1) is 0 Å². The summed E-state index contributed by atoms with van der Waals surface area (Å²) in [7, 11) is 0. The first kappa shape index (κ1) is 14.5. The molecular formula is C14H20Mn. The zero-order valence-corrected chi connectivity index (χ0v) is 10.9. The fraction of sp³-hybridized carbons (Fsp3) is 0.429. The SMILES string of the molecule is CCC1=CC=CC1.CCC1=CC=CC1.[Mn]. The second kappa shape index (κ2) is 8.76. The van der Waals surface area contributed by atoms with E-state index >= 15 is 0 Å². The Morgan fingerprint density at radius 1 is 0.867 bits per heavy atom. The Labute approximate surface area is 104 Å². The Balaban J connectivity index is 0.000000245. The van der Waals surface area contributed by atoms with Crippen LogP contribution in [0.25, 0.3) is 0 Å². The number of hydrogen-bond acceptors (Lipinski definition) is 0. The van der Waals surface area contributed by atoms with Gasteiger partial charge in [0.1, 0.15) is 0 Å². The van der Waals surface area contributed by atoms with E-state index in [1.54, 1.807) is 11.1 Å². The van der Waals surface area contributed by atoms with E-state index in [1.165, 1.54) is 25.7 Å². The maximum absolute atomic E-state index is 2.19. The zero-order valence-electron chi connectivity index (χ0n) is 9.67. The molecule has 0 saturated carbocycles. The molecule has 0 heterocycles. The molecule has 15 heavy (non-hydrogen) atoms. The molecule has 2 rings (SSSR count). The van der Waals surface area contributed by atoms with Gasteiger partial charge in [-0.15, -0.1) is 0 Å². The van der Waals surface area contributed by atoms with E-state index in [-0.39, 0.29) is 17.1 Å². The molecule has 0 aromatic carbocycles. The minimum absolute atomic E-state index is 0. The van der Waals surface area contributed by atoms with E-state index < -0.39 is 0 Å². The van der Waals surface area contributed by atoms with Crippen LogP contribution in [-0.4, -0.2) is 0 Å². The summed E-state index contributed by atoms with van der Waals surface area (Å²) in [4.78, 5) is 0. The Hall–Kier alpha value is -0.521. The van der Waals surface area contributed by atoms with Crippen molar-refractivity contribution < 1.29 is 17.1 Å². The molecule has 0 N–H and O–H groups in total. The van der Waals surface area contributed by atoms with Gasteiger partial charge in [-0.1, -0.05) is 61.4 Å². The normalized spacial score (nSPS) is 16.4. The summed E-state index contributed by atoms with van der Waals surface area (Å²) in [6.45, 7) is 4.39. The van der Waals surface area contributed by atoms with E-state index in [0.717, 1.165) is 0 Å². The predicted octanol–water partition coefficient (Wildman–Crippen LogP) is 4.56. The Bertz CT molecular complexity index is 250. The summed E-state index contributed by atoms with van der Waals surface area (Å²) in [5, 5.41) is 0. The standard InChI is InChI=1S/2C7H10.Mn/c2*1-2-7-5-3-4-6-7;/h2*3-5H,2,6H2,1H3;. The minimum atomic E-state index is 0. The van der Waals surface area contributed by atoms with E-state index in [0.29, 0.717) is 0 Å². The number of hydrogen-bond donors (Lipinski definition) is 0. The van der Waals surface area contributed by atoms with Gasteiger partial charge >= 0.3 is 0 Å². The maximum atomic E-state index is 2.19. The van der Waals surface area contributed by atoms with Crippen molar-refractivity contribution in [2.75, 3.05) is 0 Å². The van der Waals surface area contributed by atoms with E-state index in [1.807, 2.05) is 0 Å². The topological polar surface area (TPSA) is 0 Å². The summed E-state index contributed by atoms with van der Waals surface area (Å²) in [6, 6.07) is 0. The van der Waals surface area contributed by atoms with E-state index in [9.17, 15) is 0 Å². The molecule has 0 aromatic heterocycles. The molecule has 0 nitrogen and oxygen atoms in total. The summed E-state index contributed by atoms with van der Waals surface area (Å²) < 4.78 is 0. The average molecular weight is 243 g/mol. The molecule has 0 spiro atoms. The maximum Gasteiger partial charge on any atom is 0 e. The molecule has 0 atom stereocenters. The molecule has 0 aromatic rings. The molecule has 83 valence electrons. The van der Waals surface area contributed by atoms with Crippen molar-refractivity contribution in [3.8, 4) is 0 Å². The molecule has 2 aliphatic carbocycles. The second-order valence-electron chi connectivity index (χ2n) is 3.62. The monoisotopic (exact) mass is 243 g/mol. The first-order valence-corrected chi connectivity index (χ1v) is 5.56. The van der Waals surface area contributed by atoms with Crippen LogP contribution in [0, 0.1) is 0 Å². The molecule has 0 amide bonds. The van der Waals surface area contributed by atoms with Crippen molar-refractivity contribution in [3.63, 3.8) is 0 Å². The van der Waals surface area contributed by atoms with Crippen molar-refractivity contribution in [1.82, 2.24) is 0 Å². The van der Waals surface area contributed by atoms with Gasteiger partial charge in [0.15, 0.2) is 0 Å². The molecular weight excluding hydrogens is 223 g/mol. The van der Waals surface area contributed by atoms with Gasteiger partial charge < -0.3 is 0 Å². The predicted molar refractivity (Wildman–Crippen MR) is 64.3 cm³/mol. The fourth-order valence-electron chi connectivity index (χ4n) is 1.51. The third-order valence-electron chi connectivity index (χ3n) is 2.60. The first-order valence-electron chi connectivity index (χ1n) is 5.56. The molecule has 0 unspecified atom stereocenters. The van der Waals surface area contributed by atoms with Gasteiger partial charge in [0, 0.05) is 17.1 Å². The van der Waals surface area contributed by atoms with Crippen LogP contribution < -0.4 is 0 Å². The largest absolute Gasteiger partial charge is 0.0805 e. The minimum Gasteiger partial charge on any atom is -0.0805 e. The van der Waals surface area contributed by atoms with Crippen LogP contribution in [-0.2, 0) is 17.1 Å². The van der Waals surface area contributed by atoms with Crippen LogP contribution in [0.3, 0.4) is 0 Å². The molecule has 0 saturated heterocycles. The van der Waals surface area contributed by atoms with Gasteiger partial charge in [-0.05, 0) is 25.7 Å². The van der Waals surface area contributed by atoms with Gasteiger partial charge in [0.25, 0.3) is 0 Å². The van der Waals surface area contributed by atoms with Crippen LogP contribution in [0.4, 0.5) is 0 Å². The smallest absolute Gasteiger partial charge is 0 e. The van der Waals surface area contributed by atoms with Crippen LogP contribution in [0.1, 0.15) is 39.5 Å². The molecule has 0 aliphatic heterocycles. The zero-order chi connectivity index (χ0) is 10.2. The Morgan fingerprint density at radius 2 is 1.27 bits per heavy atom. The quantitative estimate of drug-likeness (QED) is 0.623. The first-order chi connectivity index (χ1) is 6.86. The summed E-state index contributed by atoms with van der Waals surface area (Å²) in [5.41, 5.74) is 3.11. The van der Waals surface area contributed by atoms with Crippen molar-refractivity contribution in [2.45, 2.75) is 39.5 Å². The summed E-state index contributed by atoms with van der Waals surface area (Å²) in [5.74, 6) is 0. The average Bonchev–Trinajstić information content (AvgIpc) is 2.92. The van der Waals surface area contributed by atoms with Gasteiger partial charge in [0.2, 0.25) is 0 Å². The van der Waals surface area contributed by atoms with Gasteiger partial charge in [-0.2, -0.15) is 0 Å². The fourth-order valence-corrected chi connectivity index (χ4v) is 1.51. The van der Waals surface area contributed by atoms with Crippen molar-refractivity contribution in [3.05, 3.63) is 47.6 Å². The van der Waals surface area contributed by atoms with Crippen molar-refractivity contribution >= 4 is 0 Å². The Kier molecular flexibility index (Phi) is 8.46. The second-order valence-corrected chi connectivity index (χ2v) is 3.62. The van der Waals surface area contributed by atoms with Gasteiger partial charge in [-0.3, -0.25) is 0 Å². The molecule has 1 heteroatoms. The summed E-state index contributed by atoms with van der Waals surface area (Å²) >= 11 is 0. The van der Waals surface area contributed by atoms with Crippen molar-refractivity contribution in [1.29, 1.82) is 0 Å². The third-order valence-corrected chi connectivity index (χ3v) is 2.60. The number of allylic oxidation sites excluding steroid dienone is 8. The van der Waals surface area contributed by atoms with Crippen LogP contribution in [0.5, 0.6) is 0 Å². The van der Waals surface area contributed by atoms with Gasteiger partial charge in [-0.25, -0.2) is 0 Å². The molecule has 0 fully saturated rings. The van der Waals surface area contributed by atoms with Crippen LogP contribution in [0.15, 0.2) is 47.6 Å². The van der Waals surface area contributed by atoms with E-state index in [2.05, 4.69) is 50.3 Å². The summed E-state index contributed by atoms with van der Waals surface area (Å²) in [6.07, 6.45) is 17.8. The van der Waals surface area contributed by atoms with Crippen LogP contribution in [0.2, 0.25) is 0 Å². The molecule has 0 bridgehead atoms. The molecule has 2 aliphatic rings. The third kappa shape index (κ3) is 5.81. The van der Waals surface area contributed by atoms with E-state index in [4.69, 9.17) is 0 Å².